The smallest absolute Gasteiger partial charge is 0.0820 e. The molecule has 2 rings (SSSR count). The number of nitrogens with one attached hydrogen (secondary N) is 1. The number of nitrogens with zero attached hydrogens (tertiary/aromatic N) is 1. The number of rotatable bonds is 5. The largest absolute Gasteiger partial charge is 0.384 e. The molecule has 1 aliphatic carbocycles. The van der Waals surface area contributed by atoms with Crippen LogP contribution in [0.2, 0.25) is 5.02 Å². The Bertz CT molecular complexity index is 297. The molecule has 0 saturated heterocycles. The van der Waals surface area contributed by atoms with E-state index in [2.05, 4.69) is 10.3 Å². The van der Waals surface area contributed by atoms with E-state index in [0.29, 0.717) is 5.02 Å². The molecule has 1 fully saturated rings. The van der Waals surface area contributed by atoms with Gasteiger partial charge in [0.15, 0.2) is 0 Å². The molecule has 2 nitrogen and oxygen atoms in total. The number of hydrogen-bond donors (Lipinski definition) is 1. The van der Waals surface area contributed by atoms with Gasteiger partial charge < -0.3 is 5.32 Å². The van der Waals surface area contributed by atoms with E-state index in [-0.39, 0.29) is 0 Å². The van der Waals surface area contributed by atoms with Crippen molar-refractivity contribution in [3.63, 3.8) is 0 Å². The van der Waals surface area contributed by atoms with Gasteiger partial charge in [-0.05, 0) is 24.8 Å². The van der Waals surface area contributed by atoms with E-state index >= 15 is 0 Å². The van der Waals surface area contributed by atoms with Gasteiger partial charge in [-0.1, -0.05) is 24.4 Å². The minimum absolute atomic E-state index is 0.707. The molecule has 0 aromatic carbocycles. The van der Waals surface area contributed by atoms with E-state index in [0.717, 1.165) is 18.2 Å². The van der Waals surface area contributed by atoms with E-state index in [9.17, 15) is 0 Å². The third-order valence-electron chi connectivity index (χ3n) is 2.57. The molecular formula is C11H15ClN2. The predicted molar refractivity (Wildman–Crippen MR) is 59.7 cm³/mol. The van der Waals surface area contributed by atoms with Crippen LogP contribution in [0.4, 0.5) is 5.69 Å². The Morgan fingerprint density at radius 2 is 2.36 bits per heavy atom. The molecule has 1 heterocycles. The summed E-state index contributed by atoms with van der Waals surface area (Å²) in [6.07, 6.45) is 8.91. The second kappa shape index (κ2) is 4.65. The van der Waals surface area contributed by atoms with Crippen LogP contribution in [0.3, 0.4) is 0 Å². The van der Waals surface area contributed by atoms with Crippen molar-refractivity contribution in [2.24, 2.45) is 5.92 Å². The van der Waals surface area contributed by atoms with Crippen molar-refractivity contribution in [1.29, 1.82) is 0 Å². The molecule has 76 valence electrons. The molecule has 1 aliphatic rings. The van der Waals surface area contributed by atoms with Crippen LogP contribution in [0.5, 0.6) is 0 Å². The van der Waals surface area contributed by atoms with E-state index in [1.165, 1.54) is 25.7 Å². The SMILES string of the molecule is Clc1cnccc1NCCCC1CC1. The normalized spacial score (nSPS) is 15.5. The average Bonchev–Trinajstić information content (AvgIpc) is 2.99. The quantitative estimate of drug-likeness (QED) is 0.755. The predicted octanol–water partition coefficient (Wildman–Crippen LogP) is 3.34. The molecule has 3 heteroatoms. The summed E-state index contributed by atoms with van der Waals surface area (Å²) in [5.74, 6) is 1.02. The molecule has 0 aliphatic heterocycles. The maximum atomic E-state index is 5.95. The highest BCUT2D eigenvalue weighted by Crippen LogP contribution is 2.33. The molecular weight excluding hydrogens is 196 g/mol. The number of aromatic nitrogens is 1. The minimum atomic E-state index is 0.707. The van der Waals surface area contributed by atoms with Crippen molar-refractivity contribution in [3.05, 3.63) is 23.5 Å². The van der Waals surface area contributed by atoms with Crippen molar-refractivity contribution in [2.75, 3.05) is 11.9 Å². The first-order valence-corrected chi connectivity index (χ1v) is 5.57. The average molecular weight is 211 g/mol. The van der Waals surface area contributed by atoms with E-state index < -0.39 is 0 Å². The Kier molecular flexibility index (Phi) is 3.25. The Balaban J connectivity index is 1.71. The zero-order valence-electron chi connectivity index (χ0n) is 8.17. The Labute approximate surface area is 89.7 Å². The zero-order valence-corrected chi connectivity index (χ0v) is 8.93. The zero-order chi connectivity index (χ0) is 9.80. The third-order valence-corrected chi connectivity index (χ3v) is 2.88. The van der Waals surface area contributed by atoms with Crippen LogP contribution in [0.1, 0.15) is 25.7 Å². The number of anilines is 1. The Hall–Kier alpha value is -0.760. The van der Waals surface area contributed by atoms with Gasteiger partial charge in [0.2, 0.25) is 0 Å². The lowest BCUT2D eigenvalue weighted by Gasteiger charge is -2.06. The molecule has 14 heavy (non-hydrogen) atoms. The third kappa shape index (κ3) is 2.88. The van der Waals surface area contributed by atoms with Crippen molar-refractivity contribution in [3.8, 4) is 0 Å². The molecule has 0 amide bonds. The fourth-order valence-electron chi connectivity index (χ4n) is 1.54. The van der Waals surface area contributed by atoms with Gasteiger partial charge in [0.05, 0.1) is 10.7 Å². The molecule has 1 saturated carbocycles. The van der Waals surface area contributed by atoms with E-state index in [4.69, 9.17) is 11.6 Å². The highest BCUT2D eigenvalue weighted by molar-refractivity contribution is 6.33. The molecule has 1 aromatic rings. The summed E-state index contributed by atoms with van der Waals surface area (Å²) in [6.45, 7) is 1.01. The molecule has 0 atom stereocenters. The van der Waals surface area contributed by atoms with Gasteiger partial charge in [-0.2, -0.15) is 0 Å². The fraction of sp³-hybridized carbons (Fsp3) is 0.545. The van der Waals surface area contributed by atoms with Crippen LogP contribution >= 0.6 is 11.6 Å². The number of hydrogen-bond acceptors (Lipinski definition) is 2. The van der Waals surface area contributed by atoms with Crippen molar-refractivity contribution < 1.29 is 0 Å². The van der Waals surface area contributed by atoms with Gasteiger partial charge in [0.25, 0.3) is 0 Å². The second-order valence-corrected chi connectivity index (χ2v) is 4.28. The van der Waals surface area contributed by atoms with Crippen LogP contribution in [0, 0.1) is 5.92 Å². The van der Waals surface area contributed by atoms with Gasteiger partial charge in [0, 0.05) is 18.9 Å². The van der Waals surface area contributed by atoms with Gasteiger partial charge >= 0.3 is 0 Å². The lowest BCUT2D eigenvalue weighted by atomic mass is 10.2. The van der Waals surface area contributed by atoms with Crippen molar-refractivity contribution >= 4 is 17.3 Å². The van der Waals surface area contributed by atoms with Crippen LogP contribution in [0.25, 0.3) is 0 Å². The standard InChI is InChI=1S/C11H15ClN2/c12-10-8-13-7-5-11(10)14-6-1-2-9-3-4-9/h5,7-9H,1-4,6H2,(H,13,14). The fourth-order valence-corrected chi connectivity index (χ4v) is 1.73. The van der Waals surface area contributed by atoms with Crippen LogP contribution in [-0.4, -0.2) is 11.5 Å². The van der Waals surface area contributed by atoms with Crippen molar-refractivity contribution in [1.82, 2.24) is 4.98 Å². The van der Waals surface area contributed by atoms with Crippen molar-refractivity contribution in [2.45, 2.75) is 25.7 Å². The summed E-state index contributed by atoms with van der Waals surface area (Å²) in [6, 6.07) is 1.92. The lowest BCUT2D eigenvalue weighted by molar-refractivity contribution is 0.687. The first kappa shape index (κ1) is 9.78. The summed E-state index contributed by atoms with van der Waals surface area (Å²) in [5.41, 5.74) is 0.998. The summed E-state index contributed by atoms with van der Waals surface area (Å²) in [4.78, 5) is 3.94. The van der Waals surface area contributed by atoms with Gasteiger partial charge in [-0.3, -0.25) is 4.98 Å². The molecule has 0 bridgehead atoms. The van der Waals surface area contributed by atoms with Gasteiger partial charge in [-0.25, -0.2) is 0 Å². The summed E-state index contributed by atoms with van der Waals surface area (Å²) in [5, 5.41) is 4.03. The number of pyridine rings is 1. The summed E-state index contributed by atoms with van der Waals surface area (Å²) in [7, 11) is 0. The monoisotopic (exact) mass is 210 g/mol. The van der Waals surface area contributed by atoms with E-state index in [1.807, 2.05) is 6.07 Å². The van der Waals surface area contributed by atoms with Gasteiger partial charge in [-0.15, -0.1) is 0 Å². The second-order valence-electron chi connectivity index (χ2n) is 3.87. The summed E-state index contributed by atoms with van der Waals surface area (Å²) < 4.78 is 0. The maximum absolute atomic E-state index is 5.95. The highest BCUT2D eigenvalue weighted by Gasteiger charge is 2.19. The lowest BCUT2D eigenvalue weighted by Crippen LogP contribution is -2.02. The topological polar surface area (TPSA) is 24.9 Å². The molecule has 0 radical (unpaired) electrons. The Morgan fingerprint density at radius 3 is 3.07 bits per heavy atom. The molecule has 1 N–H and O–H groups in total. The Morgan fingerprint density at radius 1 is 1.50 bits per heavy atom. The first-order chi connectivity index (χ1) is 6.86. The molecule has 0 unspecified atom stereocenters. The molecule has 1 aromatic heterocycles. The highest BCUT2D eigenvalue weighted by atomic mass is 35.5. The van der Waals surface area contributed by atoms with Crippen LogP contribution in [-0.2, 0) is 0 Å². The summed E-state index contributed by atoms with van der Waals surface area (Å²) >= 11 is 5.95. The van der Waals surface area contributed by atoms with Crippen LogP contribution in [0.15, 0.2) is 18.5 Å². The minimum Gasteiger partial charge on any atom is -0.384 e. The van der Waals surface area contributed by atoms with Gasteiger partial charge in [0.1, 0.15) is 0 Å². The maximum Gasteiger partial charge on any atom is 0.0820 e. The first-order valence-electron chi connectivity index (χ1n) is 5.19. The number of halogens is 1. The van der Waals surface area contributed by atoms with Crippen LogP contribution < -0.4 is 5.32 Å². The molecule has 0 spiro atoms. The van der Waals surface area contributed by atoms with E-state index in [1.54, 1.807) is 12.4 Å².